The lowest BCUT2D eigenvalue weighted by Crippen LogP contribution is -2.48. The third-order valence-corrected chi connectivity index (χ3v) is 4.28. The number of fused-ring (bicyclic) bond motifs is 1. The summed E-state index contributed by atoms with van der Waals surface area (Å²) in [5, 5.41) is 14.0. The van der Waals surface area contributed by atoms with E-state index >= 15 is 0 Å². The number of hydrogen-bond acceptors (Lipinski definition) is 4. The number of hydrogen-bond donors (Lipinski definition) is 3. The molecule has 0 saturated heterocycles. The van der Waals surface area contributed by atoms with E-state index in [9.17, 15) is 19.2 Å². The Labute approximate surface area is 157 Å². The highest BCUT2D eigenvalue weighted by Gasteiger charge is 2.26. The number of rotatable bonds is 8. The fourth-order valence-electron chi connectivity index (χ4n) is 2.99. The SMILES string of the molecule is CC(C)C[C@H](NC(=O)CNC(=O)CN1C(=O)CCc2ccccc21)C(=O)O. The minimum absolute atomic E-state index is 0.103. The first-order valence-corrected chi connectivity index (χ1v) is 8.95. The fraction of sp³-hybridized carbons (Fsp3) is 0.474. The minimum Gasteiger partial charge on any atom is -0.480 e. The maximum absolute atomic E-state index is 12.2. The van der Waals surface area contributed by atoms with Crippen LogP contribution >= 0.6 is 0 Å². The first-order valence-electron chi connectivity index (χ1n) is 8.95. The van der Waals surface area contributed by atoms with E-state index in [0.717, 1.165) is 5.56 Å². The van der Waals surface area contributed by atoms with Crippen molar-refractivity contribution in [3.63, 3.8) is 0 Å². The molecule has 0 spiro atoms. The van der Waals surface area contributed by atoms with Gasteiger partial charge in [-0.3, -0.25) is 14.4 Å². The molecule has 0 unspecified atom stereocenters. The molecule has 1 atom stereocenters. The van der Waals surface area contributed by atoms with Crippen molar-refractivity contribution in [2.45, 2.75) is 39.2 Å². The van der Waals surface area contributed by atoms with Gasteiger partial charge >= 0.3 is 5.97 Å². The van der Waals surface area contributed by atoms with Crippen molar-refractivity contribution < 1.29 is 24.3 Å². The molecule has 146 valence electrons. The second-order valence-corrected chi connectivity index (χ2v) is 6.97. The van der Waals surface area contributed by atoms with Crippen molar-refractivity contribution >= 4 is 29.4 Å². The van der Waals surface area contributed by atoms with Crippen molar-refractivity contribution in [3.05, 3.63) is 29.8 Å². The van der Waals surface area contributed by atoms with Gasteiger partial charge in [-0.05, 0) is 30.4 Å². The highest BCUT2D eigenvalue weighted by atomic mass is 16.4. The number of carbonyl (C=O) groups is 4. The molecule has 0 radical (unpaired) electrons. The molecule has 27 heavy (non-hydrogen) atoms. The fourth-order valence-corrected chi connectivity index (χ4v) is 2.99. The molecule has 0 aromatic heterocycles. The van der Waals surface area contributed by atoms with Crippen molar-refractivity contribution in [1.29, 1.82) is 0 Å². The summed E-state index contributed by atoms with van der Waals surface area (Å²) in [7, 11) is 0. The van der Waals surface area contributed by atoms with Gasteiger partial charge in [0.05, 0.1) is 6.54 Å². The van der Waals surface area contributed by atoms with Gasteiger partial charge in [0.25, 0.3) is 0 Å². The highest BCUT2D eigenvalue weighted by molar-refractivity contribution is 6.01. The van der Waals surface area contributed by atoms with Crippen LogP contribution in [-0.4, -0.2) is 47.9 Å². The van der Waals surface area contributed by atoms with Crippen molar-refractivity contribution in [1.82, 2.24) is 10.6 Å². The molecular formula is C19H25N3O5. The Balaban J connectivity index is 1.88. The van der Waals surface area contributed by atoms with E-state index in [4.69, 9.17) is 5.11 Å². The Morgan fingerprint density at radius 3 is 2.52 bits per heavy atom. The van der Waals surface area contributed by atoms with Crippen LogP contribution in [0, 0.1) is 5.92 Å². The second kappa shape index (κ2) is 9.16. The number of carboxylic acid groups (broad SMARTS) is 1. The van der Waals surface area contributed by atoms with E-state index in [-0.39, 0.29) is 24.9 Å². The summed E-state index contributed by atoms with van der Waals surface area (Å²) in [5.41, 5.74) is 1.71. The number of carbonyl (C=O) groups excluding carboxylic acids is 3. The Kier molecular flexibility index (Phi) is 6.92. The van der Waals surface area contributed by atoms with E-state index < -0.39 is 23.8 Å². The van der Waals surface area contributed by atoms with Crippen LogP contribution in [0.25, 0.3) is 0 Å². The molecule has 3 amide bonds. The zero-order valence-corrected chi connectivity index (χ0v) is 15.5. The average molecular weight is 375 g/mol. The molecule has 8 nitrogen and oxygen atoms in total. The standard InChI is InChI=1S/C19H25N3O5/c1-12(2)9-14(19(26)27)21-16(23)10-20-17(24)11-22-15-6-4-3-5-13(15)7-8-18(22)25/h3-6,12,14H,7-11H2,1-2H3,(H,20,24)(H,21,23)(H,26,27)/t14-/m0/s1. The highest BCUT2D eigenvalue weighted by Crippen LogP contribution is 2.26. The quantitative estimate of drug-likeness (QED) is 0.618. The Hall–Kier alpha value is -2.90. The van der Waals surface area contributed by atoms with Crippen LogP contribution in [0.1, 0.15) is 32.3 Å². The molecular weight excluding hydrogens is 350 g/mol. The molecule has 0 aliphatic carbocycles. The predicted octanol–water partition coefficient (Wildman–Crippen LogP) is 0.698. The summed E-state index contributed by atoms with van der Waals surface area (Å²) in [6.07, 6.45) is 1.27. The molecule has 0 fully saturated rings. The zero-order chi connectivity index (χ0) is 20.0. The molecule has 1 aliphatic heterocycles. The summed E-state index contributed by atoms with van der Waals surface area (Å²) < 4.78 is 0. The number of nitrogens with one attached hydrogen (secondary N) is 2. The number of para-hydroxylation sites is 1. The first kappa shape index (κ1) is 20.4. The van der Waals surface area contributed by atoms with Gasteiger partial charge in [-0.25, -0.2) is 4.79 Å². The largest absolute Gasteiger partial charge is 0.480 e. The molecule has 3 N–H and O–H groups in total. The van der Waals surface area contributed by atoms with Crippen LogP contribution in [0.4, 0.5) is 5.69 Å². The third kappa shape index (κ3) is 5.80. The molecule has 1 aromatic rings. The van der Waals surface area contributed by atoms with Gasteiger partial charge in [-0.15, -0.1) is 0 Å². The number of aliphatic carboxylic acids is 1. The van der Waals surface area contributed by atoms with Crippen LogP contribution in [0.3, 0.4) is 0 Å². The summed E-state index contributed by atoms with van der Waals surface area (Å²) in [6, 6.07) is 6.39. The number of amides is 3. The van der Waals surface area contributed by atoms with E-state index in [1.807, 2.05) is 26.0 Å². The maximum Gasteiger partial charge on any atom is 0.326 e. The topological polar surface area (TPSA) is 116 Å². The molecule has 8 heteroatoms. The zero-order valence-electron chi connectivity index (χ0n) is 15.5. The first-order chi connectivity index (χ1) is 12.8. The average Bonchev–Trinajstić information content (AvgIpc) is 2.61. The lowest BCUT2D eigenvalue weighted by molar-refractivity contribution is -0.142. The van der Waals surface area contributed by atoms with E-state index in [1.165, 1.54) is 4.90 Å². The smallest absolute Gasteiger partial charge is 0.326 e. The number of anilines is 1. The molecule has 1 aliphatic rings. The van der Waals surface area contributed by atoms with Crippen LogP contribution < -0.4 is 15.5 Å². The Bertz CT molecular complexity index is 732. The third-order valence-electron chi connectivity index (χ3n) is 4.28. The summed E-state index contributed by atoms with van der Waals surface area (Å²) >= 11 is 0. The summed E-state index contributed by atoms with van der Waals surface area (Å²) in [4.78, 5) is 48.8. The van der Waals surface area contributed by atoms with E-state index in [1.54, 1.807) is 12.1 Å². The normalized spacial score (nSPS) is 14.5. The van der Waals surface area contributed by atoms with Crippen molar-refractivity contribution in [2.24, 2.45) is 5.92 Å². The Morgan fingerprint density at radius 1 is 1.15 bits per heavy atom. The molecule has 2 rings (SSSR count). The van der Waals surface area contributed by atoms with E-state index in [2.05, 4.69) is 10.6 Å². The molecule has 1 heterocycles. The van der Waals surface area contributed by atoms with Gasteiger partial charge in [0.1, 0.15) is 12.6 Å². The van der Waals surface area contributed by atoms with Gasteiger partial charge in [-0.1, -0.05) is 32.0 Å². The number of nitrogens with zero attached hydrogens (tertiary/aromatic N) is 1. The van der Waals surface area contributed by atoms with Crippen LogP contribution in [0.15, 0.2) is 24.3 Å². The molecule has 0 bridgehead atoms. The summed E-state index contributed by atoms with van der Waals surface area (Å²) in [6.45, 7) is 3.19. The van der Waals surface area contributed by atoms with Gasteiger partial charge in [0.2, 0.25) is 17.7 Å². The number of benzene rings is 1. The molecule has 1 aromatic carbocycles. The van der Waals surface area contributed by atoms with Gasteiger partial charge in [0, 0.05) is 12.1 Å². The predicted molar refractivity (Wildman–Crippen MR) is 99.1 cm³/mol. The van der Waals surface area contributed by atoms with Crippen LogP contribution in [0.2, 0.25) is 0 Å². The van der Waals surface area contributed by atoms with Crippen LogP contribution in [0.5, 0.6) is 0 Å². The van der Waals surface area contributed by atoms with Crippen molar-refractivity contribution in [3.8, 4) is 0 Å². The van der Waals surface area contributed by atoms with E-state index in [0.29, 0.717) is 24.9 Å². The second-order valence-electron chi connectivity index (χ2n) is 6.97. The number of carboxylic acids is 1. The minimum atomic E-state index is -1.11. The lowest BCUT2D eigenvalue weighted by atomic mass is 10.0. The van der Waals surface area contributed by atoms with Gasteiger partial charge in [-0.2, -0.15) is 0 Å². The van der Waals surface area contributed by atoms with Crippen molar-refractivity contribution in [2.75, 3.05) is 18.0 Å². The monoisotopic (exact) mass is 375 g/mol. The lowest BCUT2D eigenvalue weighted by Gasteiger charge is -2.28. The molecule has 0 saturated carbocycles. The van der Waals surface area contributed by atoms with Gasteiger partial charge < -0.3 is 20.6 Å². The van der Waals surface area contributed by atoms with Crippen LogP contribution in [-0.2, 0) is 25.6 Å². The maximum atomic E-state index is 12.2. The van der Waals surface area contributed by atoms with Gasteiger partial charge in [0.15, 0.2) is 0 Å². The Morgan fingerprint density at radius 2 is 1.85 bits per heavy atom. The number of aryl methyl sites for hydroxylation is 1. The summed E-state index contributed by atoms with van der Waals surface area (Å²) in [5.74, 6) is -2.21.